The second kappa shape index (κ2) is 7.19. The lowest BCUT2D eigenvalue weighted by atomic mass is 9.60. The maximum absolute atomic E-state index is 12.6. The summed E-state index contributed by atoms with van der Waals surface area (Å²) in [5, 5.41) is 11.7. The average Bonchev–Trinajstić information content (AvgIpc) is 2.51. The van der Waals surface area contributed by atoms with Crippen molar-refractivity contribution in [2.75, 3.05) is 0 Å². The highest BCUT2D eigenvalue weighted by molar-refractivity contribution is 6.35. The maximum Gasteiger partial charge on any atom is 0.313 e. The van der Waals surface area contributed by atoms with E-state index in [9.17, 15) is 9.90 Å². The Bertz CT molecular complexity index is 707. The van der Waals surface area contributed by atoms with Crippen molar-refractivity contribution in [2.45, 2.75) is 58.2 Å². The van der Waals surface area contributed by atoms with Gasteiger partial charge in [0.05, 0.1) is 5.92 Å². The molecule has 4 atom stereocenters. The van der Waals surface area contributed by atoms with E-state index in [1.54, 1.807) is 25.1 Å². The van der Waals surface area contributed by atoms with Gasteiger partial charge in [-0.25, -0.2) is 0 Å². The van der Waals surface area contributed by atoms with Gasteiger partial charge < -0.3 is 9.84 Å². The molecule has 0 radical (unpaired) electrons. The third-order valence-electron chi connectivity index (χ3n) is 5.38. The van der Waals surface area contributed by atoms with Crippen LogP contribution in [-0.4, -0.2) is 22.8 Å². The minimum Gasteiger partial charge on any atom is -0.462 e. The molecule has 0 aromatic heterocycles. The van der Waals surface area contributed by atoms with Crippen LogP contribution in [0, 0.1) is 23.7 Å². The summed E-state index contributed by atoms with van der Waals surface area (Å²) in [5.41, 5.74) is -1.08. The largest absolute Gasteiger partial charge is 0.462 e. The molecule has 0 amide bonds. The summed E-state index contributed by atoms with van der Waals surface area (Å²) in [6.45, 7) is 7.46. The molecule has 0 unspecified atom stereocenters. The molecule has 0 heterocycles. The van der Waals surface area contributed by atoms with Crippen molar-refractivity contribution in [3.05, 3.63) is 33.8 Å². The number of halogens is 2. The van der Waals surface area contributed by atoms with Crippen molar-refractivity contribution >= 4 is 29.2 Å². The van der Waals surface area contributed by atoms with Crippen LogP contribution < -0.4 is 0 Å². The van der Waals surface area contributed by atoms with E-state index in [-0.39, 0.29) is 18.0 Å². The molecule has 1 aromatic rings. The van der Waals surface area contributed by atoms with Crippen molar-refractivity contribution in [3.63, 3.8) is 0 Å². The monoisotopic (exact) mass is 382 g/mol. The van der Waals surface area contributed by atoms with Gasteiger partial charge in [0.2, 0.25) is 0 Å². The number of hydrogen-bond donors (Lipinski definition) is 1. The molecule has 136 valence electrons. The normalized spacial score (nSPS) is 29.5. The van der Waals surface area contributed by atoms with Gasteiger partial charge in [0, 0.05) is 21.4 Å². The predicted molar refractivity (Wildman–Crippen MR) is 101 cm³/mol. The fourth-order valence-corrected chi connectivity index (χ4v) is 4.29. The number of terminal acetylenes is 1. The zero-order valence-corrected chi connectivity index (χ0v) is 16.5. The third kappa shape index (κ3) is 3.82. The highest BCUT2D eigenvalue weighted by Crippen LogP contribution is 2.47. The Balaban J connectivity index is 2.12. The number of hydrogen-bond acceptors (Lipinski definition) is 3. The Morgan fingerprint density at radius 1 is 1.44 bits per heavy atom. The second-order valence-corrected chi connectivity index (χ2v) is 8.43. The van der Waals surface area contributed by atoms with Crippen LogP contribution >= 0.6 is 23.2 Å². The van der Waals surface area contributed by atoms with Crippen molar-refractivity contribution < 1.29 is 14.6 Å². The maximum atomic E-state index is 12.6. The van der Waals surface area contributed by atoms with E-state index in [1.165, 1.54) is 0 Å². The number of ether oxygens (including phenoxy) is 1. The summed E-state index contributed by atoms with van der Waals surface area (Å²) in [5.74, 6) is 1.52. The molecule has 25 heavy (non-hydrogen) atoms. The lowest BCUT2D eigenvalue weighted by Gasteiger charge is -2.49. The summed E-state index contributed by atoms with van der Waals surface area (Å²) in [4.78, 5) is 12.6. The first-order valence-corrected chi connectivity index (χ1v) is 9.13. The van der Waals surface area contributed by atoms with Gasteiger partial charge in [-0.1, -0.05) is 56.0 Å². The Kier molecular flexibility index (Phi) is 5.78. The van der Waals surface area contributed by atoms with E-state index < -0.39 is 16.9 Å². The van der Waals surface area contributed by atoms with E-state index in [0.29, 0.717) is 28.5 Å². The Labute approximate surface area is 159 Å². The molecule has 0 spiro atoms. The molecule has 1 N–H and O–H groups in total. The van der Waals surface area contributed by atoms with Gasteiger partial charge in [-0.3, -0.25) is 4.79 Å². The molecular weight excluding hydrogens is 359 g/mol. The average molecular weight is 383 g/mol. The predicted octanol–water partition coefficient (Wildman–Crippen LogP) is 4.83. The van der Waals surface area contributed by atoms with Gasteiger partial charge in [0.15, 0.2) is 0 Å². The van der Waals surface area contributed by atoms with Crippen LogP contribution in [0.3, 0.4) is 0 Å². The van der Waals surface area contributed by atoms with Gasteiger partial charge >= 0.3 is 5.97 Å². The molecule has 1 saturated carbocycles. The van der Waals surface area contributed by atoms with E-state index >= 15 is 0 Å². The van der Waals surface area contributed by atoms with Crippen LogP contribution in [0.15, 0.2) is 18.2 Å². The van der Waals surface area contributed by atoms with Crippen molar-refractivity contribution in [3.8, 4) is 12.3 Å². The van der Waals surface area contributed by atoms with Crippen LogP contribution in [0.2, 0.25) is 10.0 Å². The first-order chi connectivity index (χ1) is 11.5. The minimum atomic E-state index is -1.21. The molecule has 5 heteroatoms. The van der Waals surface area contributed by atoms with Gasteiger partial charge in [0.1, 0.15) is 11.7 Å². The number of aliphatic hydroxyl groups is 1. The van der Waals surface area contributed by atoms with E-state index in [4.69, 9.17) is 34.4 Å². The van der Waals surface area contributed by atoms with Crippen LogP contribution in [0.1, 0.15) is 52.0 Å². The first kappa shape index (κ1) is 20.1. The SMILES string of the molecule is C#C[C@]1(O)[C@H](C)C[C@@H](OC(=O)[C@H](C)c2ccc(Cl)cc2Cl)CC1(C)C. The van der Waals surface area contributed by atoms with Crippen molar-refractivity contribution in [1.82, 2.24) is 0 Å². The lowest BCUT2D eigenvalue weighted by Crippen LogP contribution is -2.55. The molecule has 1 aliphatic carbocycles. The molecule has 1 fully saturated rings. The molecule has 2 rings (SSSR count). The highest BCUT2D eigenvalue weighted by atomic mass is 35.5. The van der Waals surface area contributed by atoms with E-state index in [2.05, 4.69) is 5.92 Å². The third-order valence-corrected chi connectivity index (χ3v) is 5.95. The molecule has 0 bridgehead atoms. The molecule has 1 aromatic carbocycles. The number of carbonyl (C=O) groups is 1. The number of carbonyl (C=O) groups excluding carboxylic acids is 1. The molecule has 3 nitrogen and oxygen atoms in total. The summed E-state index contributed by atoms with van der Waals surface area (Å²) in [7, 11) is 0. The topological polar surface area (TPSA) is 46.5 Å². The fourth-order valence-electron chi connectivity index (χ4n) is 3.71. The standard InChI is InChI=1S/C20H24Cl2O3/c1-6-20(24)12(2)9-15(11-19(20,4)5)25-18(23)13(3)16-8-7-14(21)10-17(16)22/h1,7-8,10,12-13,15,24H,9,11H2,2-5H3/t12-,13-,15-,20+/m1/s1. The quantitative estimate of drug-likeness (QED) is 0.601. The van der Waals surface area contributed by atoms with Crippen molar-refractivity contribution in [1.29, 1.82) is 0 Å². The summed E-state index contributed by atoms with van der Waals surface area (Å²) >= 11 is 12.1. The van der Waals surface area contributed by atoms with Gasteiger partial charge in [-0.05, 0) is 37.5 Å². The zero-order chi connectivity index (χ0) is 19.0. The summed E-state index contributed by atoms with van der Waals surface area (Å²) < 4.78 is 5.73. The Hall–Kier alpha value is -1.21. The Morgan fingerprint density at radius 2 is 2.08 bits per heavy atom. The van der Waals surface area contributed by atoms with Crippen LogP contribution in [0.25, 0.3) is 0 Å². The van der Waals surface area contributed by atoms with Gasteiger partial charge in [0.25, 0.3) is 0 Å². The number of benzene rings is 1. The number of esters is 1. The zero-order valence-electron chi connectivity index (χ0n) is 15.0. The molecule has 1 aliphatic rings. The van der Waals surface area contributed by atoms with Gasteiger partial charge in [-0.15, -0.1) is 6.42 Å². The van der Waals surface area contributed by atoms with Gasteiger partial charge in [-0.2, -0.15) is 0 Å². The second-order valence-electron chi connectivity index (χ2n) is 7.58. The lowest BCUT2D eigenvalue weighted by molar-refractivity contribution is -0.167. The number of rotatable bonds is 3. The van der Waals surface area contributed by atoms with Crippen LogP contribution in [-0.2, 0) is 9.53 Å². The van der Waals surface area contributed by atoms with E-state index in [1.807, 2.05) is 20.8 Å². The van der Waals surface area contributed by atoms with Crippen LogP contribution in [0.4, 0.5) is 0 Å². The minimum absolute atomic E-state index is 0.173. The smallest absolute Gasteiger partial charge is 0.313 e. The van der Waals surface area contributed by atoms with Crippen molar-refractivity contribution in [2.24, 2.45) is 11.3 Å². The Morgan fingerprint density at radius 3 is 2.60 bits per heavy atom. The first-order valence-electron chi connectivity index (χ1n) is 8.37. The summed E-state index contributed by atoms with van der Waals surface area (Å²) in [6, 6.07) is 5.05. The highest BCUT2D eigenvalue weighted by Gasteiger charge is 2.52. The molecule has 0 aliphatic heterocycles. The molecule has 0 saturated heterocycles. The fraction of sp³-hybridized carbons (Fsp3) is 0.550. The summed E-state index contributed by atoms with van der Waals surface area (Å²) in [6.07, 6.45) is 6.31. The van der Waals surface area contributed by atoms with E-state index in [0.717, 1.165) is 0 Å². The van der Waals surface area contributed by atoms with Crippen LogP contribution in [0.5, 0.6) is 0 Å². The molecular formula is C20H24Cl2O3.